The first-order valence-electron chi connectivity index (χ1n) is 8.36. The monoisotopic (exact) mass is 325 g/mol. The Hall–Kier alpha value is -2.43. The van der Waals surface area contributed by atoms with Crippen molar-refractivity contribution in [3.05, 3.63) is 52.7 Å². The van der Waals surface area contributed by atoms with Gasteiger partial charge in [-0.05, 0) is 50.1 Å². The lowest BCUT2D eigenvalue weighted by molar-refractivity contribution is 0.0586. The normalized spacial score (nSPS) is 15.4. The summed E-state index contributed by atoms with van der Waals surface area (Å²) in [6.07, 6.45) is 1.71. The van der Waals surface area contributed by atoms with E-state index in [0.29, 0.717) is 19.0 Å². The van der Waals surface area contributed by atoms with Gasteiger partial charge >= 0.3 is 0 Å². The van der Waals surface area contributed by atoms with Gasteiger partial charge in [0.05, 0.1) is 5.69 Å². The molecule has 0 spiro atoms. The number of carbonyl (C=O) groups excluding carboxylic acids is 1. The smallest absolute Gasteiger partial charge is 0.253 e. The van der Waals surface area contributed by atoms with E-state index in [9.17, 15) is 4.79 Å². The van der Waals surface area contributed by atoms with Gasteiger partial charge in [0.15, 0.2) is 0 Å². The third-order valence-electron chi connectivity index (χ3n) is 4.54. The molecular weight excluding hydrogens is 302 g/mol. The summed E-state index contributed by atoms with van der Waals surface area (Å²) in [6.45, 7) is 7.40. The maximum absolute atomic E-state index is 12.6. The Kier molecular flexibility index (Phi) is 4.79. The van der Waals surface area contributed by atoms with Crippen LogP contribution in [0, 0.1) is 20.8 Å². The number of piperidine rings is 1. The second kappa shape index (κ2) is 6.99. The lowest BCUT2D eigenvalue weighted by Gasteiger charge is -2.32. The predicted octanol–water partition coefficient (Wildman–Crippen LogP) is 3.09. The number of hydrogen-bond donors (Lipinski definition) is 0. The molecule has 1 saturated heterocycles. The van der Waals surface area contributed by atoms with E-state index in [1.54, 1.807) is 0 Å². The molecule has 1 amide bonds. The second-order valence-electron chi connectivity index (χ2n) is 6.42. The minimum absolute atomic E-state index is 0.0887. The van der Waals surface area contributed by atoms with Crippen LogP contribution in [0.2, 0.25) is 0 Å². The van der Waals surface area contributed by atoms with Gasteiger partial charge in [-0.3, -0.25) is 4.79 Å². The predicted molar refractivity (Wildman–Crippen MR) is 92.2 cm³/mol. The summed E-state index contributed by atoms with van der Waals surface area (Å²) in [6, 6.07) is 9.63. The number of aromatic nitrogens is 2. The van der Waals surface area contributed by atoms with Crippen molar-refractivity contribution in [3.63, 3.8) is 0 Å². The SMILES string of the molecule is Cc1ccc(OC2CCN(C(=O)c3ccc(C)c(C)c3)CC2)nn1. The summed E-state index contributed by atoms with van der Waals surface area (Å²) in [5, 5.41) is 8.04. The average molecular weight is 325 g/mol. The second-order valence-corrected chi connectivity index (χ2v) is 6.42. The molecule has 1 aromatic carbocycles. The fourth-order valence-electron chi connectivity index (χ4n) is 2.85. The summed E-state index contributed by atoms with van der Waals surface area (Å²) in [5.41, 5.74) is 3.99. The zero-order chi connectivity index (χ0) is 17.1. The Balaban J connectivity index is 1.57. The number of likely N-dealkylation sites (tertiary alicyclic amines) is 1. The van der Waals surface area contributed by atoms with E-state index in [1.807, 2.05) is 49.1 Å². The van der Waals surface area contributed by atoms with Crippen LogP contribution in [0.5, 0.6) is 5.88 Å². The molecule has 1 fully saturated rings. The first-order valence-corrected chi connectivity index (χ1v) is 8.36. The van der Waals surface area contributed by atoms with E-state index in [2.05, 4.69) is 17.1 Å². The molecule has 0 unspecified atom stereocenters. The van der Waals surface area contributed by atoms with E-state index in [-0.39, 0.29) is 12.0 Å². The summed E-state index contributed by atoms with van der Waals surface area (Å²) in [4.78, 5) is 14.5. The van der Waals surface area contributed by atoms with E-state index < -0.39 is 0 Å². The van der Waals surface area contributed by atoms with Gasteiger partial charge in [0.25, 0.3) is 5.91 Å². The number of benzene rings is 1. The van der Waals surface area contributed by atoms with Gasteiger partial charge in [-0.2, -0.15) is 5.10 Å². The Bertz CT molecular complexity index is 720. The maximum Gasteiger partial charge on any atom is 0.253 e. The van der Waals surface area contributed by atoms with Crippen molar-refractivity contribution in [3.8, 4) is 5.88 Å². The third-order valence-corrected chi connectivity index (χ3v) is 4.54. The van der Waals surface area contributed by atoms with Gasteiger partial charge in [-0.25, -0.2) is 0 Å². The average Bonchev–Trinajstić information content (AvgIpc) is 2.59. The molecule has 0 saturated carbocycles. The highest BCUT2D eigenvalue weighted by molar-refractivity contribution is 5.94. The molecule has 24 heavy (non-hydrogen) atoms. The van der Waals surface area contributed by atoms with Gasteiger partial charge < -0.3 is 9.64 Å². The highest BCUT2D eigenvalue weighted by Gasteiger charge is 2.25. The van der Waals surface area contributed by atoms with Crippen LogP contribution in [0.3, 0.4) is 0 Å². The number of nitrogens with zero attached hydrogens (tertiary/aromatic N) is 3. The molecule has 1 aromatic heterocycles. The Labute approximate surface area is 142 Å². The van der Waals surface area contributed by atoms with E-state index >= 15 is 0 Å². The van der Waals surface area contributed by atoms with Crippen LogP contribution >= 0.6 is 0 Å². The summed E-state index contributed by atoms with van der Waals surface area (Å²) < 4.78 is 5.87. The largest absolute Gasteiger partial charge is 0.473 e. The molecular formula is C19H23N3O2. The summed E-state index contributed by atoms with van der Waals surface area (Å²) in [5.74, 6) is 0.659. The van der Waals surface area contributed by atoms with Gasteiger partial charge in [0.2, 0.25) is 5.88 Å². The number of rotatable bonds is 3. The molecule has 0 atom stereocenters. The van der Waals surface area contributed by atoms with Crippen LogP contribution in [0.1, 0.15) is 40.0 Å². The Morgan fingerprint density at radius 2 is 1.79 bits per heavy atom. The van der Waals surface area contributed by atoms with Crippen LogP contribution < -0.4 is 4.74 Å². The Morgan fingerprint density at radius 3 is 2.42 bits per heavy atom. The fourth-order valence-corrected chi connectivity index (χ4v) is 2.85. The van der Waals surface area contributed by atoms with Crippen LogP contribution in [0.25, 0.3) is 0 Å². The molecule has 126 valence electrons. The molecule has 1 aliphatic heterocycles. The highest BCUT2D eigenvalue weighted by atomic mass is 16.5. The van der Waals surface area contributed by atoms with Crippen LogP contribution in [0.4, 0.5) is 0 Å². The van der Waals surface area contributed by atoms with Crippen molar-refractivity contribution < 1.29 is 9.53 Å². The van der Waals surface area contributed by atoms with E-state index in [4.69, 9.17) is 4.74 Å². The van der Waals surface area contributed by atoms with Crippen molar-refractivity contribution in [2.45, 2.75) is 39.7 Å². The van der Waals surface area contributed by atoms with Gasteiger partial charge in [0.1, 0.15) is 6.10 Å². The van der Waals surface area contributed by atoms with Gasteiger partial charge in [0, 0.05) is 37.6 Å². The molecule has 1 aliphatic rings. The number of hydrogen-bond acceptors (Lipinski definition) is 4. The minimum atomic E-state index is 0.0887. The molecule has 2 aromatic rings. The molecule has 0 aliphatic carbocycles. The van der Waals surface area contributed by atoms with Crippen LogP contribution in [-0.4, -0.2) is 40.2 Å². The first-order chi connectivity index (χ1) is 11.5. The van der Waals surface area contributed by atoms with E-state index in [0.717, 1.165) is 29.7 Å². The molecule has 2 heterocycles. The number of carbonyl (C=O) groups is 1. The van der Waals surface area contributed by atoms with Crippen molar-refractivity contribution in [1.29, 1.82) is 0 Å². The summed E-state index contributed by atoms with van der Waals surface area (Å²) in [7, 11) is 0. The highest BCUT2D eigenvalue weighted by Crippen LogP contribution is 2.19. The van der Waals surface area contributed by atoms with Crippen molar-refractivity contribution in [2.24, 2.45) is 0 Å². The zero-order valence-electron chi connectivity index (χ0n) is 14.5. The van der Waals surface area contributed by atoms with Gasteiger partial charge in [-0.1, -0.05) is 6.07 Å². The van der Waals surface area contributed by atoms with Gasteiger partial charge in [-0.15, -0.1) is 5.10 Å². The first kappa shape index (κ1) is 16.4. The number of ether oxygens (including phenoxy) is 1. The van der Waals surface area contributed by atoms with Crippen molar-refractivity contribution in [2.75, 3.05) is 13.1 Å². The topological polar surface area (TPSA) is 55.3 Å². The molecule has 0 N–H and O–H groups in total. The maximum atomic E-state index is 12.6. The number of amides is 1. The minimum Gasteiger partial charge on any atom is -0.473 e. The standard InChI is InChI=1S/C19H23N3O2/c1-13-4-6-16(12-14(13)2)19(23)22-10-8-17(9-11-22)24-18-7-5-15(3)20-21-18/h4-7,12,17H,8-11H2,1-3H3. The fraction of sp³-hybridized carbons (Fsp3) is 0.421. The quantitative estimate of drug-likeness (QED) is 0.870. The lowest BCUT2D eigenvalue weighted by Crippen LogP contribution is -2.41. The lowest BCUT2D eigenvalue weighted by atomic mass is 10.0. The molecule has 5 nitrogen and oxygen atoms in total. The van der Waals surface area contributed by atoms with E-state index in [1.165, 1.54) is 5.56 Å². The molecule has 0 bridgehead atoms. The third kappa shape index (κ3) is 3.72. The molecule has 3 rings (SSSR count). The van der Waals surface area contributed by atoms with Crippen LogP contribution in [-0.2, 0) is 0 Å². The molecule has 0 radical (unpaired) electrons. The van der Waals surface area contributed by atoms with Crippen molar-refractivity contribution >= 4 is 5.91 Å². The van der Waals surface area contributed by atoms with Crippen LogP contribution in [0.15, 0.2) is 30.3 Å². The Morgan fingerprint density at radius 1 is 1.04 bits per heavy atom. The zero-order valence-corrected chi connectivity index (χ0v) is 14.5. The van der Waals surface area contributed by atoms with Crippen molar-refractivity contribution in [1.82, 2.24) is 15.1 Å². The molecule has 5 heteroatoms. The summed E-state index contributed by atoms with van der Waals surface area (Å²) >= 11 is 0. The number of aryl methyl sites for hydroxylation is 3.